The number of aliphatic hydroxyl groups is 2. The molecule has 0 aromatic carbocycles. The molecule has 0 spiro atoms. The predicted molar refractivity (Wildman–Crippen MR) is 72.2 cm³/mol. The summed E-state index contributed by atoms with van der Waals surface area (Å²) in [4.78, 5) is 8.44. The Kier molecular flexibility index (Phi) is 6.82. The van der Waals surface area contributed by atoms with Crippen LogP contribution in [0.5, 0.6) is 0 Å². The topological polar surface area (TPSA) is 144 Å². The maximum absolute atomic E-state index is 9.67. The molecule has 0 saturated heterocycles. The second-order valence-corrected chi connectivity index (χ2v) is 4.66. The minimum absolute atomic E-state index is 0.0152. The van der Waals surface area contributed by atoms with Gasteiger partial charge >= 0.3 is 0 Å². The van der Waals surface area contributed by atoms with Gasteiger partial charge in [-0.3, -0.25) is 9.97 Å². The first kappa shape index (κ1) is 15.9. The molecule has 0 aliphatic carbocycles. The molecule has 0 bridgehead atoms. The number of aliphatic hydroxyl groups excluding tert-OH is 2. The van der Waals surface area contributed by atoms with Crippen LogP contribution < -0.4 is 17.2 Å². The normalized spacial score (nSPS) is 16.1. The average Bonchev–Trinajstić information content (AvgIpc) is 2.40. The molecule has 0 aliphatic heterocycles. The third-order valence-electron chi connectivity index (χ3n) is 2.89. The minimum atomic E-state index is -0.829. The number of rotatable bonds is 8. The average molecular weight is 269 g/mol. The standard InChI is InChI=1S/C12H23N5O2/c13-2-1-8(14)3-9-5-17-10(6-16-9)4-12(19)11(15)7-18/h5-6,8,11-12,18-19H,1-4,7,13-15H2/t8-,11-,12+/m1/s1. The lowest BCUT2D eigenvalue weighted by Gasteiger charge is -2.16. The summed E-state index contributed by atoms with van der Waals surface area (Å²) in [6, 6.07) is -0.682. The first-order valence-electron chi connectivity index (χ1n) is 6.36. The summed E-state index contributed by atoms with van der Waals surface area (Å²) in [7, 11) is 0. The van der Waals surface area contributed by atoms with Crippen LogP contribution in [0.15, 0.2) is 12.4 Å². The van der Waals surface area contributed by atoms with Crippen LogP contribution in [0.2, 0.25) is 0 Å². The van der Waals surface area contributed by atoms with Crippen LogP contribution in [-0.2, 0) is 12.8 Å². The molecule has 1 rings (SSSR count). The fourth-order valence-corrected chi connectivity index (χ4v) is 1.66. The maximum Gasteiger partial charge on any atom is 0.0769 e. The molecule has 0 unspecified atom stereocenters. The third kappa shape index (κ3) is 5.58. The highest BCUT2D eigenvalue weighted by Gasteiger charge is 2.15. The molecule has 0 amide bonds. The Morgan fingerprint density at radius 1 is 1.11 bits per heavy atom. The van der Waals surface area contributed by atoms with Crippen molar-refractivity contribution in [2.45, 2.75) is 37.5 Å². The number of nitrogens with zero attached hydrogens (tertiary/aromatic N) is 2. The Morgan fingerprint density at radius 3 is 2.16 bits per heavy atom. The zero-order valence-electron chi connectivity index (χ0n) is 10.9. The van der Waals surface area contributed by atoms with Crippen molar-refractivity contribution >= 4 is 0 Å². The van der Waals surface area contributed by atoms with E-state index in [0.717, 1.165) is 12.1 Å². The van der Waals surface area contributed by atoms with Crippen LogP contribution in [0.4, 0.5) is 0 Å². The smallest absolute Gasteiger partial charge is 0.0769 e. The van der Waals surface area contributed by atoms with E-state index in [0.29, 0.717) is 18.7 Å². The molecule has 19 heavy (non-hydrogen) atoms. The zero-order chi connectivity index (χ0) is 14.3. The quantitative estimate of drug-likeness (QED) is 0.364. The maximum atomic E-state index is 9.67. The lowest BCUT2D eigenvalue weighted by atomic mass is 10.1. The summed E-state index contributed by atoms with van der Waals surface area (Å²) in [5.41, 5.74) is 18.2. The molecule has 7 heteroatoms. The van der Waals surface area contributed by atoms with E-state index < -0.39 is 12.1 Å². The number of aromatic nitrogens is 2. The van der Waals surface area contributed by atoms with Gasteiger partial charge < -0.3 is 27.4 Å². The Labute approximate surface area is 112 Å². The molecule has 1 aromatic rings. The molecular formula is C12H23N5O2. The molecule has 0 aliphatic rings. The minimum Gasteiger partial charge on any atom is -0.395 e. The second kappa shape index (κ2) is 8.13. The number of hydrogen-bond acceptors (Lipinski definition) is 7. The molecule has 3 atom stereocenters. The van der Waals surface area contributed by atoms with E-state index in [4.69, 9.17) is 22.3 Å². The van der Waals surface area contributed by atoms with Crippen LogP contribution in [0, 0.1) is 0 Å². The van der Waals surface area contributed by atoms with Gasteiger partial charge in [0.15, 0.2) is 0 Å². The predicted octanol–water partition coefficient (Wildman–Crippen LogP) is -2.08. The fraction of sp³-hybridized carbons (Fsp3) is 0.667. The molecule has 8 N–H and O–H groups in total. The molecule has 1 aromatic heterocycles. The summed E-state index contributed by atoms with van der Waals surface area (Å²) >= 11 is 0. The fourth-order valence-electron chi connectivity index (χ4n) is 1.66. The summed E-state index contributed by atoms with van der Waals surface area (Å²) in [5, 5.41) is 18.5. The first-order chi connectivity index (χ1) is 9.06. The van der Waals surface area contributed by atoms with E-state index in [1.807, 2.05) is 0 Å². The van der Waals surface area contributed by atoms with Gasteiger partial charge in [-0.25, -0.2) is 0 Å². The molecule has 0 saturated carbocycles. The van der Waals surface area contributed by atoms with Gasteiger partial charge in [0.25, 0.3) is 0 Å². The van der Waals surface area contributed by atoms with Crippen molar-refractivity contribution in [3.8, 4) is 0 Å². The molecule has 0 fully saturated rings. The lowest BCUT2D eigenvalue weighted by molar-refractivity contribution is 0.108. The van der Waals surface area contributed by atoms with Gasteiger partial charge in [-0.2, -0.15) is 0 Å². The molecular weight excluding hydrogens is 246 g/mol. The van der Waals surface area contributed by atoms with Gasteiger partial charge in [-0.05, 0) is 13.0 Å². The summed E-state index contributed by atoms with van der Waals surface area (Å²) in [5.74, 6) is 0. The number of hydrogen-bond donors (Lipinski definition) is 5. The van der Waals surface area contributed by atoms with E-state index in [2.05, 4.69) is 9.97 Å². The first-order valence-corrected chi connectivity index (χ1v) is 6.36. The molecule has 1 heterocycles. The summed E-state index contributed by atoms with van der Waals surface area (Å²) in [6.45, 7) is 0.290. The van der Waals surface area contributed by atoms with Gasteiger partial charge in [0.2, 0.25) is 0 Å². The van der Waals surface area contributed by atoms with E-state index in [-0.39, 0.29) is 19.1 Å². The van der Waals surface area contributed by atoms with Crippen molar-refractivity contribution in [2.75, 3.05) is 13.2 Å². The highest BCUT2D eigenvalue weighted by Crippen LogP contribution is 2.04. The summed E-state index contributed by atoms with van der Waals surface area (Å²) in [6.07, 6.45) is 4.05. The van der Waals surface area contributed by atoms with E-state index in [9.17, 15) is 5.11 Å². The monoisotopic (exact) mass is 269 g/mol. The Hall–Kier alpha value is -1.12. The third-order valence-corrected chi connectivity index (χ3v) is 2.89. The Morgan fingerprint density at radius 2 is 1.68 bits per heavy atom. The Bertz CT molecular complexity index is 360. The molecule has 0 radical (unpaired) electrons. The summed E-state index contributed by atoms with van der Waals surface area (Å²) < 4.78 is 0. The van der Waals surface area contributed by atoms with Gasteiger partial charge in [0.05, 0.1) is 30.1 Å². The van der Waals surface area contributed by atoms with Gasteiger partial charge in [-0.15, -0.1) is 0 Å². The van der Waals surface area contributed by atoms with Crippen LogP contribution in [-0.4, -0.2) is 51.5 Å². The molecule has 108 valence electrons. The SMILES string of the molecule is NCC[C@@H](N)Cc1cnc(C[C@H](O)[C@H](N)CO)cn1. The van der Waals surface area contributed by atoms with Crippen LogP contribution >= 0.6 is 0 Å². The highest BCUT2D eigenvalue weighted by molar-refractivity contribution is 5.05. The molecule has 7 nitrogen and oxygen atoms in total. The largest absolute Gasteiger partial charge is 0.395 e. The van der Waals surface area contributed by atoms with Crippen molar-refractivity contribution in [3.63, 3.8) is 0 Å². The van der Waals surface area contributed by atoms with Crippen LogP contribution in [0.3, 0.4) is 0 Å². The van der Waals surface area contributed by atoms with Crippen LogP contribution in [0.1, 0.15) is 17.8 Å². The van der Waals surface area contributed by atoms with Crippen molar-refractivity contribution < 1.29 is 10.2 Å². The highest BCUT2D eigenvalue weighted by atomic mass is 16.3. The van der Waals surface area contributed by atoms with Gasteiger partial charge in [-0.1, -0.05) is 0 Å². The van der Waals surface area contributed by atoms with Crippen molar-refractivity contribution in [2.24, 2.45) is 17.2 Å². The van der Waals surface area contributed by atoms with Crippen LogP contribution in [0.25, 0.3) is 0 Å². The number of nitrogens with two attached hydrogens (primary N) is 3. The van der Waals surface area contributed by atoms with E-state index in [1.165, 1.54) is 0 Å². The van der Waals surface area contributed by atoms with E-state index >= 15 is 0 Å². The van der Waals surface area contributed by atoms with Crippen molar-refractivity contribution in [1.82, 2.24) is 9.97 Å². The van der Waals surface area contributed by atoms with E-state index in [1.54, 1.807) is 12.4 Å². The zero-order valence-corrected chi connectivity index (χ0v) is 10.9. The van der Waals surface area contributed by atoms with Crippen molar-refractivity contribution in [3.05, 3.63) is 23.8 Å². The van der Waals surface area contributed by atoms with Gasteiger partial charge in [0, 0.05) is 31.3 Å². The lowest BCUT2D eigenvalue weighted by Crippen LogP contribution is -2.39. The van der Waals surface area contributed by atoms with Gasteiger partial charge in [0.1, 0.15) is 0 Å². The van der Waals surface area contributed by atoms with Crippen molar-refractivity contribution in [1.29, 1.82) is 0 Å². The Balaban J connectivity index is 2.51. The second-order valence-electron chi connectivity index (χ2n) is 4.66.